The highest BCUT2D eigenvalue weighted by Gasteiger charge is 2.62. The number of aliphatic imine (C=N–C) groups is 1. The molecule has 0 saturated heterocycles. The molecule has 0 spiro atoms. The van der Waals surface area contributed by atoms with Crippen LogP contribution in [0.1, 0.15) is 18.0 Å². The Balaban J connectivity index is 2.25. The fourth-order valence-corrected chi connectivity index (χ4v) is 2.08. The summed E-state index contributed by atoms with van der Waals surface area (Å²) in [6.45, 7) is 3.32. The van der Waals surface area contributed by atoms with Crippen molar-refractivity contribution in [3.63, 3.8) is 0 Å². The van der Waals surface area contributed by atoms with E-state index in [1.807, 2.05) is 5.38 Å². The van der Waals surface area contributed by atoms with E-state index in [9.17, 15) is 4.79 Å². The molecule has 1 aromatic rings. The Hall–Kier alpha value is -1.23. The maximum absolute atomic E-state index is 10.9. The first-order chi connectivity index (χ1) is 6.20. The van der Waals surface area contributed by atoms with Crippen LogP contribution in [0.3, 0.4) is 0 Å². The van der Waals surface area contributed by atoms with E-state index >= 15 is 0 Å². The van der Waals surface area contributed by atoms with Crippen LogP contribution in [0.5, 0.6) is 0 Å². The molecule has 1 unspecified atom stereocenters. The summed E-state index contributed by atoms with van der Waals surface area (Å²) in [5.74, 6) is -0.978. The van der Waals surface area contributed by atoms with Crippen molar-refractivity contribution >= 4 is 24.0 Å². The maximum atomic E-state index is 10.9. The average Bonchev–Trinajstić information content (AvgIpc) is 2.63. The molecular formula is C8H8N2O2S. The zero-order valence-corrected chi connectivity index (χ0v) is 7.62. The van der Waals surface area contributed by atoms with E-state index in [1.54, 1.807) is 5.51 Å². The Labute approximate surface area is 79.0 Å². The summed E-state index contributed by atoms with van der Waals surface area (Å²) in [4.78, 5) is 18.6. The number of carboxylic acids is 1. The van der Waals surface area contributed by atoms with Gasteiger partial charge in [0.15, 0.2) is 5.54 Å². The molecule has 0 radical (unpaired) electrons. The van der Waals surface area contributed by atoms with Crippen LogP contribution < -0.4 is 0 Å². The van der Waals surface area contributed by atoms with Gasteiger partial charge in [0.2, 0.25) is 0 Å². The Morgan fingerprint density at radius 1 is 1.92 bits per heavy atom. The van der Waals surface area contributed by atoms with E-state index in [0.717, 1.165) is 5.69 Å². The first-order valence-corrected chi connectivity index (χ1v) is 4.74. The van der Waals surface area contributed by atoms with E-state index in [-0.39, 0.29) is 5.92 Å². The third-order valence-corrected chi connectivity index (χ3v) is 3.00. The average molecular weight is 196 g/mol. The number of rotatable bonds is 3. The summed E-state index contributed by atoms with van der Waals surface area (Å²) in [6.07, 6.45) is 0.523. The van der Waals surface area contributed by atoms with Crippen molar-refractivity contribution in [2.45, 2.75) is 17.9 Å². The lowest BCUT2D eigenvalue weighted by Gasteiger charge is -2.02. The lowest BCUT2D eigenvalue weighted by Crippen LogP contribution is -2.21. The number of hydrogen-bond acceptors (Lipinski definition) is 4. The summed E-state index contributed by atoms with van der Waals surface area (Å²) in [7, 11) is 0. The molecule has 0 aromatic carbocycles. The van der Waals surface area contributed by atoms with Crippen molar-refractivity contribution in [1.82, 2.24) is 4.98 Å². The lowest BCUT2D eigenvalue weighted by molar-refractivity contribution is -0.139. The van der Waals surface area contributed by atoms with Gasteiger partial charge in [-0.05, 0) is 13.1 Å². The zero-order valence-electron chi connectivity index (χ0n) is 6.80. The molecule has 1 heterocycles. The van der Waals surface area contributed by atoms with E-state index in [2.05, 4.69) is 16.7 Å². The molecule has 1 aliphatic rings. The van der Waals surface area contributed by atoms with E-state index in [1.165, 1.54) is 11.3 Å². The van der Waals surface area contributed by atoms with E-state index < -0.39 is 11.5 Å². The monoisotopic (exact) mass is 196 g/mol. The predicted molar refractivity (Wildman–Crippen MR) is 49.4 cm³/mol. The SMILES string of the molecule is C=NC1(C(=O)O)C[C@@H]1c1cscn1. The first-order valence-electron chi connectivity index (χ1n) is 3.80. The third-order valence-electron chi connectivity index (χ3n) is 2.39. The highest BCUT2D eigenvalue weighted by atomic mass is 32.1. The van der Waals surface area contributed by atoms with Crippen LogP contribution in [0.15, 0.2) is 15.9 Å². The molecule has 2 atom stereocenters. The number of aromatic nitrogens is 1. The molecule has 1 aliphatic carbocycles. The molecule has 68 valence electrons. The minimum atomic E-state index is -0.992. The molecular weight excluding hydrogens is 188 g/mol. The quantitative estimate of drug-likeness (QED) is 0.738. The minimum Gasteiger partial charge on any atom is -0.479 e. The van der Waals surface area contributed by atoms with Crippen LogP contribution in [0.2, 0.25) is 0 Å². The summed E-state index contributed by atoms with van der Waals surface area (Å²) >= 11 is 1.46. The van der Waals surface area contributed by atoms with Gasteiger partial charge in [-0.2, -0.15) is 0 Å². The van der Waals surface area contributed by atoms with Crippen LogP contribution >= 0.6 is 11.3 Å². The number of hydrogen-bond donors (Lipinski definition) is 1. The van der Waals surface area contributed by atoms with E-state index in [0.29, 0.717) is 6.42 Å². The lowest BCUT2D eigenvalue weighted by atomic mass is 10.2. The second-order valence-electron chi connectivity index (χ2n) is 3.06. The highest BCUT2D eigenvalue weighted by Crippen LogP contribution is 2.54. The van der Waals surface area contributed by atoms with Gasteiger partial charge in [-0.15, -0.1) is 11.3 Å². The van der Waals surface area contributed by atoms with Gasteiger partial charge >= 0.3 is 5.97 Å². The van der Waals surface area contributed by atoms with Crippen molar-refractivity contribution in [2.75, 3.05) is 0 Å². The maximum Gasteiger partial charge on any atom is 0.332 e. The minimum absolute atomic E-state index is 0.0752. The summed E-state index contributed by atoms with van der Waals surface area (Å²) in [5, 5.41) is 10.8. The van der Waals surface area contributed by atoms with Gasteiger partial charge in [0.05, 0.1) is 11.2 Å². The fraction of sp³-hybridized carbons (Fsp3) is 0.375. The zero-order chi connectivity index (χ0) is 9.47. The third kappa shape index (κ3) is 1.07. The van der Waals surface area contributed by atoms with Gasteiger partial charge in [-0.3, -0.25) is 4.99 Å². The Bertz CT molecular complexity index is 349. The van der Waals surface area contributed by atoms with Crippen LogP contribution in [0, 0.1) is 0 Å². The molecule has 1 aromatic heterocycles. The Kier molecular flexibility index (Phi) is 1.69. The molecule has 1 saturated carbocycles. The van der Waals surface area contributed by atoms with Crippen molar-refractivity contribution in [3.05, 3.63) is 16.6 Å². The molecule has 4 nitrogen and oxygen atoms in total. The van der Waals surface area contributed by atoms with Gasteiger partial charge in [0, 0.05) is 11.3 Å². The van der Waals surface area contributed by atoms with Gasteiger partial charge in [-0.25, -0.2) is 9.78 Å². The van der Waals surface area contributed by atoms with Gasteiger partial charge in [0.25, 0.3) is 0 Å². The normalized spacial score (nSPS) is 31.2. The second-order valence-corrected chi connectivity index (χ2v) is 3.78. The molecule has 5 heteroatoms. The van der Waals surface area contributed by atoms with Crippen LogP contribution in [-0.4, -0.2) is 28.3 Å². The summed E-state index contributed by atoms with van der Waals surface area (Å²) < 4.78 is 0. The molecule has 0 amide bonds. The standard InChI is InChI=1S/C8H8N2O2S/c1-9-8(7(11)12)2-5(8)6-3-13-4-10-6/h3-5H,1-2H2,(H,11,12)/t5-,8?/m1/s1. The molecule has 0 aliphatic heterocycles. The second kappa shape index (κ2) is 2.63. The van der Waals surface area contributed by atoms with Crippen molar-refractivity contribution in [3.8, 4) is 0 Å². The van der Waals surface area contributed by atoms with Crippen LogP contribution in [0.4, 0.5) is 0 Å². The molecule has 1 fully saturated rings. The number of carboxylic acid groups (broad SMARTS) is 1. The number of aliphatic carboxylic acids is 1. The van der Waals surface area contributed by atoms with Gasteiger partial charge in [0.1, 0.15) is 0 Å². The highest BCUT2D eigenvalue weighted by molar-refractivity contribution is 7.07. The van der Waals surface area contributed by atoms with Crippen molar-refractivity contribution in [2.24, 2.45) is 4.99 Å². The smallest absolute Gasteiger partial charge is 0.332 e. The fourth-order valence-electron chi connectivity index (χ4n) is 1.47. The van der Waals surface area contributed by atoms with Crippen LogP contribution in [-0.2, 0) is 4.79 Å². The number of carbonyl (C=O) groups is 1. The molecule has 2 rings (SSSR count). The predicted octanol–water partition coefficient (Wildman–Crippen LogP) is 1.15. The topological polar surface area (TPSA) is 62.5 Å². The van der Waals surface area contributed by atoms with Crippen molar-refractivity contribution < 1.29 is 9.90 Å². The summed E-state index contributed by atoms with van der Waals surface area (Å²) in [5.41, 5.74) is 1.53. The first kappa shape index (κ1) is 8.37. The largest absolute Gasteiger partial charge is 0.479 e. The van der Waals surface area contributed by atoms with Crippen LogP contribution in [0.25, 0.3) is 0 Å². The number of nitrogens with zero attached hydrogens (tertiary/aromatic N) is 2. The molecule has 0 bridgehead atoms. The Morgan fingerprint density at radius 3 is 3.08 bits per heavy atom. The Morgan fingerprint density at radius 2 is 2.69 bits per heavy atom. The van der Waals surface area contributed by atoms with E-state index in [4.69, 9.17) is 5.11 Å². The van der Waals surface area contributed by atoms with Crippen molar-refractivity contribution in [1.29, 1.82) is 0 Å². The molecule has 1 N–H and O–H groups in total. The molecule has 13 heavy (non-hydrogen) atoms. The summed E-state index contributed by atoms with van der Waals surface area (Å²) in [6, 6.07) is 0. The van der Waals surface area contributed by atoms with Gasteiger partial charge in [-0.1, -0.05) is 0 Å². The number of thiazole rings is 1. The van der Waals surface area contributed by atoms with Gasteiger partial charge < -0.3 is 5.11 Å².